The topological polar surface area (TPSA) is 9.23 Å². The fraction of sp³-hybridized carbons (Fsp3) is 0.818. The van der Waals surface area contributed by atoms with Crippen LogP contribution in [-0.2, 0) is 4.74 Å². The Kier molecular flexibility index (Phi) is 8.30. The molecule has 0 heterocycles. The number of rotatable bonds is 7. The van der Waals surface area contributed by atoms with Crippen molar-refractivity contribution in [2.75, 3.05) is 6.61 Å². The van der Waals surface area contributed by atoms with E-state index in [4.69, 9.17) is 4.74 Å². The fourth-order valence-corrected chi connectivity index (χ4v) is 1.01. The smallest absolute Gasteiger partial charge is 0.0873 e. The Morgan fingerprint density at radius 1 is 1.08 bits per heavy atom. The Balaban J connectivity index is 2.96. The Morgan fingerprint density at radius 3 is 2.33 bits per heavy atom. The minimum atomic E-state index is 0.884. The molecule has 12 heavy (non-hydrogen) atoms. The van der Waals surface area contributed by atoms with Crippen LogP contribution in [0, 0.1) is 0 Å². The molecule has 0 aromatic carbocycles. The molecule has 0 spiro atoms. The third-order valence-electron chi connectivity index (χ3n) is 1.68. The molecule has 0 saturated carbocycles. The van der Waals surface area contributed by atoms with E-state index in [9.17, 15) is 0 Å². The van der Waals surface area contributed by atoms with Crippen LogP contribution in [0.3, 0.4) is 0 Å². The predicted molar refractivity (Wildman–Crippen MR) is 54.1 cm³/mol. The zero-order valence-corrected chi connectivity index (χ0v) is 8.73. The van der Waals surface area contributed by atoms with Crippen LogP contribution in [-0.4, -0.2) is 6.61 Å². The average Bonchev–Trinajstić information content (AvgIpc) is 2.02. The number of hydrogen-bond acceptors (Lipinski definition) is 1. The van der Waals surface area contributed by atoms with Crippen LogP contribution in [0.1, 0.15) is 52.9 Å². The van der Waals surface area contributed by atoms with Gasteiger partial charge in [-0.1, -0.05) is 32.6 Å². The van der Waals surface area contributed by atoms with E-state index >= 15 is 0 Å². The SMILES string of the molecule is CCCCCCCOC=C(C)C. The summed E-state index contributed by atoms with van der Waals surface area (Å²) < 4.78 is 5.31. The Labute approximate surface area is 76.8 Å². The molecule has 0 aliphatic rings. The zero-order chi connectivity index (χ0) is 9.23. The summed E-state index contributed by atoms with van der Waals surface area (Å²) in [5.74, 6) is 0. The summed E-state index contributed by atoms with van der Waals surface area (Å²) in [4.78, 5) is 0. The quantitative estimate of drug-likeness (QED) is 0.416. The molecule has 0 N–H and O–H groups in total. The van der Waals surface area contributed by atoms with Crippen molar-refractivity contribution >= 4 is 0 Å². The molecule has 0 radical (unpaired) electrons. The first-order chi connectivity index (χ1) is 5.77. The number of unbranched alkanes of at least 4 members (excludes halogenated alkanes) is 4. The van der Waals surface area contributed by atoms with Gasteiger partial charge in [-0.05, 0) is 25.8 Å². The second-order valence-corrected chi connectivity index (χ2v) is 3.48. The second kappa shape index (κ2) is 8.63. The first-order valence-electron chi connectivity index (χ1n) is 5.02. The highest BCUT2D eigenvalue weighted by molar-refractivity contribution is 4.86. The van der Waals surface area contributed by atoms with Crippen molar-refractivity contribution in [2.24, 2.45) is 0 Å². The normalized spacial score (nSPS) is 9.58. The molecule has 0 aliphatic heterocycles. The molecular formula is C11H22O. The van der Waals surface area contributed by atoms with Gasteiger partial charge in [0.15, 0.2) is 0 Å². The number of allylic oxidation sites excluding steroid dienone is 1. The lowest BCUT2D eigenvalue weighted by Crippen LogP contribution is -1.88. The highest BCUT2D eigenvalue weighted by Crippen LogP contribution is 2.02. The molecule has 0 fully saturated rings. The van der Waals surface area contributed by atoms with Gasteiger partial charge in [-0.15, -0.1) is 0 Å². The monoisotopic (exact) mass is 170 g/mol. The van der Waals surface area contributed by atoms with Crippen LogP contribution in [0.2, 0.25) is 0 Å². The third kappa shape index (κ3) is 9.54. The minimum Gasteiger partial charge on any atom is -0.501 e. The maximum atomic E-state index is 5.31. The molecule has 0 aromatic rings. The molecule has 72 valence electrons. The lowest BCUT2D eigenvalue weighted by molar-refractivity contribution is 0.238. The van der Waals surface area contributed by atoms with E-state index in [1.807, 2.05) is 6.26 Å². The van der Waals surface area contributed by atoms with Crippen LogP contribution in [0.5, 0.6) is 0 Å². The zero-order valence-electron chi connectivity index (χ0n) is 8.73. The molecule has 0 bridgehead atoms. The van der Waals surface area contributed by atoms with E-state index in [0.29, 0.717) is 0 Å². The summed E-state index contributed by atoms with van der Waals surface area (Å²) in [7, 11) is 0. The molecule has 0 aromatic heterocycles. The van der Waals surface area contributed by atoms with Gasteiger partial charge in [0.05, 0.1) is 12.9 Å². The van der Waals surface area contributed by atoms with Gasteiger partial charge in [0, 0.05) is 0 Å². The lowest BCUT2D eigenvalue weighted by Gasteiger charge is -2.00. The first kappa shape index (κ1) is 11.5. The van der Waals surface area contributed by atoms with E-state index < -0.39 is 0 Å². The van der Waals surface area contributed by atoms with Gasteiger partial charge in [0.2, 0.25) is 0 Å². The second-order valence-electron chi connectivity index (χ2n) is 3.48. The molecule has 0 amide bonds. The van der Waals surface area contributed by atoms with Gasteiger partial charge >= 0.3 is 0 Å². The van der Waals surface area contributed by atoms with E-state index in [2.05, 4.69) is 20.8 Å². The largest absolute Gasteiger partial charge is 0.501 e. The van der Waals surface area contributed by atoms with Gasteiger partial charge in [-0.25, -0.2) is 0 Å². The van der Waals surface area contributed by atoms with Crippen molar-refractivity contribution in [3.05, 3.63) is 11.8 Å². The summed E-state index contributed by atoms with van der Waals surface area (Å²) in [6.07, 6.45) is 8.39. The van der Waals surface area contributed by atoms with Crippen molar-refractivity contribution < 1.29 is 4.74 Å². The third-order valence-corrected chi connectivity index (χ3v) is 1.68. The van der Waals surface area contributed by atoms with E-state index in [0.717, 1.165) is 6.61 Å². The minimum absolute atomic E-state index is 0.884. The highest BCUT2D eigenvalue weighted by atomic mass is 16.5. The number of hydrogen-bond donors (Lipinski definition) is 0. The van der Waals surface area contributed by atoms with Crippen molar-refractivity contribution in [3.8, 4) is 0 Å². The van der Waals surface area contributed by atoms with Crippen LogP contribution in [0.25, 0.3) is 0 Å². The van der Waals surface area contributed by atoms with Crippen LogP contribution >= 0.6 is 0 Å². The molecule has 0 unspecified atom stereocenters. The Bertz CT molecular complexity index is 112. The Morgan fingerprint density at radius 2 is 1.75 bits per heavy atom. The maximum Gasteiger partial charge on any atom is 0.0873 e. The standard InChI is InChI=1S/C11H22O/c1-4-5-6-7-8-9-12-10-11(2)3/h10H,4-9H2,1-3H3. The van der Waals surface area contributed by atoms with E-state index in [-0.39, 0.29) is 0 Å². The van der Waals surface area contributed by atoms with Gasteiger partial charge in [0.1, 0.15) is 0 Å². The summed E-state index contributed by atoms with van der Waals surface area (Å²) in [5.41, 5.74) is 1.24. The summed E-state index contributed by atoms with van der Waals surface area (Å²) >= 11 is 0. The molecule has 0 aliphatic carbocycles. The van der Waals surface area contributed by atoms with Crippen LogP contribution < -0.4 is 0 Å². The van der Waals surface area contributed by atoms with Crippen molar-refractivity contribution in [1.82, 2.24) is 0 Å². The summed E-state index contributed by atoms with van der Waals surface area (Å²) in [6.45, 7) is 7.22. The highest BCUT2D eigenvalue weighted by Gasteiger charge is 1.87. The van der Waals surface area contributed by atoms with E-state index in [1.54, 1.807) is 0 Å². The van der Waals surface area contributed by atoms with Gasteiger partial charge in [-0.2, -0.15) is 0 Å². The van der Waals surface area contributed by atoms with Crippen LogP contribution in [0.15, 0.2) is 11.8 Å². The van der Waals surface area contributed by atoms with Crippen molar-refractivity contribution in [2.45, 2.75) is 52.9 Å². The first-order valence-corrected chi connectivity index (χ1v) is 5.02. The Hall–Kier alpha value is -0.460. The molecule has 0 atom stereocenters. The van der Waals surface area contributed by atoms with Gasteiger partial charge in [-0.3, -0.25) is 0 Å². The van der Waals surface area contributed by atoms with Crippen molar-refractivity contribution in [3.63, 3.8) is 0 Å². The summed E-state index contributed by atoms with van der Waals surface area (Å²) in [6, 6.07) is 0. The molecular weight excluding hydrogens is 148 g/mol. The fourth-order valence-electron chi connectivity index (χ4n) is 1.01. The molecule has 1 nitrogen and oxygen atoms in total. The molecule has 1 heteroatoms. The number of ether oxygens (including phenoxy) is 1. The lowest BCUT2D eigenvalue weighted by atomic mass is 10.2. The summed E-state index contributed by atoms with van der Waals surface area (Å²) in [5, 5.41) is 0. The van der Waals surface area contributed by atoms with Gasteiger partial charge in [0.25, 0.3) is 0 Å². The van der Waals surface area contributed by atoms with Crippen molar-refractivity contribution in [1.29, 1.82) is 0 Å². The maximum absolute atomic E-state index is 5.31. The predicted octanol–water partition coefficient (Wildman–Crippen LogP) is 3.90. The molecule has 0 saturated heterocycles. The average molecular weight is 170 g/mol. The molecule has 0 rings (SSSR count). The van der Waals surface area contributed by atoms with Crippen LogP contribution in [0.4, 0.5) is 0 Å². The van der Waals surface area contributed by atoms with E-state index in [1.165, 1.54) is 37.7 Å². The van der Waals surface area contributed by atoms with Gasteiger partial charge < -0.3 is 4.74 Å².